The normalized spacial score (nSPS) is 17.4. The van der Waals surface area contributed by atoms with Crippen LogP contribution in [0.15, 0.2) is 0 Å². The summed E-state index contributed by atoms with van der Waals surface area (Å²) in [5, 5.41) is 23.0. The Morgan fingerprint density at radius 2 is 2.20 bits per heavy atom. The molecule has 0 aliphatic rings. The number of hydrogen-bond acceptors (Lipinski definition) is 4. The third-order valence-electron chi connectivity index (χ3n) is 1.52. The van der Waals surface area contributed by atoms with Crippen molar-refractivity contribution in [3.8, 4) is 0 Å². The van der Waals surface area contributed by atoms with Crippen LogP contribution in [0.2, 0.25) is 0 Å². The molecule has 0 fully saturated rings. The lowest BCUT2D eigenvalue weighted by molar-refractivity contribution is 0.156. The summed E-state index contributed by atoms with van der Waals surface area (Å²) in [5.41, 5.74) is -0.476. The highest BCUT2D eigenvalue weighted by Gasteiger charge is 2.19. The van der Waals surface area contributed by atoms with Crippen molar-refractivity contribution in [2.45, 2.75) is 12.5 Å². The van der Waals surface area contributed by atoms with Crippen molar-refractivity contribution in [3.63, 3.8) is 0 Å². The quantitative estimate of drug-likeness (QED) is 0.521. The van der Waals surface area contributed by atoms with E-state index in [0.29, 0.717) is 6.54 Å². The van der Waals surface area contributed by atoms with E-state index in [1.165, 1.54) is 7.05 Å². The lowest BCUT2D eigenvalue weighted by atomic mass is 10.1. The van der Waals surface area contributed by atoms with Crippen LogP contribution in [0.25, 0.3) is 0 Å². The predicted molar refractivity (Wildman–Crippen MR) is 40.5 cm³/mol. The van der Waals surface area contributed by atoms with Crippen molar-refractivity contribution in [2.75, 3.05) is 27.2 Å². The smallest absolute Gasteiger partial charge is 0.0622 e. The molecule has 0 spiro atoms. The van der Waals surface area contributed by atoms with Crippen LogP contribution in [0.4, 0.5) is 0 Å². The fourth-order valence-corrected chi connectivity index (χ4v) is 0.700. The van der Waals surface area contributed by atoms with Crippen LogP contribution in [0.5, 0.6) is 0 Å². The number of nitrogens with one attached hydrogen (secondary N) is 1. The minimum absolute atomic E-state index is 0.0317. The summed E-state index contributed by atoms with van der Waals surface area (Å²) in [7, 11) is 3.16. The van der Waals surface area contributed by atoms with Gasteiger partial charge in [0.25, 0.3) is 0 Å². The molecule has 0 bridgehead atoms. The first kappa shape index (κ1) is 9.84. The van der Waals surface area contributed by atoms with Gasteiger partial charge in [0.1, 0.15) is 0 Å². The Balaban J connectivity index is 3.80. The second-order valence-corrected chi connectivity index (χ2v) is 2.75. The number of rotatable bonds is 4. The number of aliphatic hydroxyl groups excluding tert-OH is 1. The molecule has 0 rings (SSSR count). The van der Waals surface area contributed by atoms with E-state index < -0.39 is 5.54 Å². The zero-order valence-electron chi connectivity index (χ0n) is 6.72. The molecule has 0 radical (unpaired) electrons. The maximum absolute atomic E-state index is 10.5. The van der Waals surface area contributed by atoms with Crippen LogP contribution in [0, 0.1) is 5.21 Å². The number of hydroxylamine groups is 2. The van der Waals surface area contributed by atoms with Gasteiger partial charge in [-0.2, -0.15) is 0 Å². The van der Waals surface area contributed by atoms with Gasteiger partial charge in [0, 0.05) is 6.54 Å². The molecule has 0 heterocycles. The Bertz CT molecular complexity index is 91.7. The first-order valence-electron chi connectivity index (χ1n) is 3.22. The van der Waals surface area contributed by atoms with Crippen LogP contribution in [0.1, 0.15) is 6.92 Å². The molecule has 4 heteroatoms. The van der Waals surface area contributed by atoms with E-state index in [2.05, 4.69) is 5.32 Å². The molecule has 2 N–H and O–H groups in total. The Kier molecular flexibility index (Phi) is 3.81. The monoisotopic (exact) mass is 147 g/mol. The van der Waals surface area contributed by atoms with E-state index in [0.717, 1.165) is 5.06 Å². The highest BCUT2D eigenvalue weighted by atomic mass is 16.5. The second-order valence-electron chi connectivity index (χ2n) is 2.75. The molecule has 1 atom stereocenters. The van der Waals surface area contributed by atoms with E-state index in [1.54, 1.807) is 14.0 Å². The maximum atomic E-state index is 10.5. The summed E-state index contributed by atoms with van der Waals surface area (Å²) < 4.78 is 0. The standard InChI is InChI=1S/C6H15N2O2/c1-6(5-9,7-2)4-8(3)10/h7,9H,4-5H2,1-3H3/q-1. The molecule has 0 saturated carbocycles. The topological polar surface area (TPSA) is 58.6 Å². The van der Waals surface area contributed by atoms with Gasteiger partial charge in [-0.3, -0.25) is 0 Å². The molecule has 62 valence electrons. The van der Waals surface area contributed by atoms with Gasteiger partial charge in [-0.15, -0.1) is 0 Å². The molecule has 0 aromatic heterocycles. The number of hydrogen-bond donors (Lipinski definition) is 2. The van der Waals surface area contributed by atoms with E-state index in [-0.39, 0.29) is 6.61 Å². The molecule has 0 aliphatic carbocycles. The molecule has 0 aromatic carbocycles. The van der Waals surface area contributed by atoms with Crippen LogP contribution < -0.4 is 5.32 Å². The minimum atomic E-state index is -0.476. The SMILES string of the molecule is CNC(C)(CO)CN(C)[O-]. The van der Waals surface area contributed by atoms with Crippen molar-refractivity contribution in [3.05, 3.63) is 5.21 Å². The lowest BCUT2D eigenvalue weighted by Crippen LogP contribution is -2.50. The summed E-state index contributed by atoms with van der Waals surface area (Å²) in [5.74, 6) is 0. The van der Waals surface area contributed by atoms with Gasteiger partial charge in [-0.25, -0.2) is 0 Å². The van der Waals surface area contributed by atoms with Crippen LogP contribution in [0.3, 0.4) is 0 Å². The van der Waals surface area contributed by atoms with Crippen molar-refractivity contribution in [1.82, 2.24) is 10.4 Å². The highest BCUT2D eigenvalue weighted by molar-refractivity contribution is 4.83. The van der Waals surface area contributed by atoms with E-state index in [1.807, 2.05) is 0 Å². The first-order chi connectivity index (χ1) is 4.54. The highest BCUT2D eigenvalue weighted by Crippen LogP contribution is 2.01. The first-order valence-corrected chi connectivity index (χ1v) is 3.22. The van der Waals surface area contributed by atoms with Crippen LogP contribution >= 0.6 is 0 Å². The Morgan fingerprint density at radius 1 is 1.70 bits per heavy atom. The average Bonchev–Trinajstić information content (AvgIpc) is 1.87. The molecular formula is C6H15N2O2-. The van der Waals surface area contributed by atoms with Crippen molar-refractivity contribution in [2.24, 2.45) is 0 Å². The zero-order valence-corrected chi connectivity index (χ0v) is 6.72. The summed E-state index contributed by atoms with van der Waals surface area (Å²) in [4.78, 5) is 0. The third-order valence-corrected chi connectivity index (χ3v) is 1.52. The van der Waals surface area contributed by atoms with Gasteiger partial charge in [0.05, 0.1) is 12.1 Å². The summed E-state index contributed by atoms with van der Waals surface area (Å²) in [6, 6.07) is 0. The maximum Gasteiger partial charge on any atom is 0.0622 e. The number of nitrogens with zero attached hydrogens (tertiary/aromatic N) is 1. The fraction of sp³-hybridized carbons (Fsp3) is 1.00. The van der Waals surface area contributed by atoms with Gasteiger partial charge in [-0.1, -0.05) is 0 Å². The predicted octanol–water partition coefficient (Wildman–Crippen LogP) is -0.614. The fourth-order valence-electron chi connectivity index (χ4n) is 0.700. The molecule has 0 saturated heterocycles. The van der Waals surface area contributed by atoms with E-state index in [4.69, 9.17) is 5.11 Å². The van der Waals surface area contributed by atoms with Gasteiger partial charge >= 0.3 is 0 Å². The van der Waals surface area contributed by atoms with Crippen molar-refractivity contribution < 1.29 is 5.11 Å². The summed E-state index contributed by atoms with van der Waals surface area (Å²) >= 11 is 0. The molecule has 10 heavy (non-hydrogen) atoms. The Hall–Kier alpha value is -0.160. The number of aliphatic hydroxyl groups is 1. The van der Waals surface area contributed by atoms with Crippen LogP contribution in [-0.2, 0) is 0 Å². The van der Waals surface area contributed by atoms with Gasteiger partial charge in [0.2, 0.25) is 0 Å². The summed E-state index contributed by atoms with van der Waals surface area (Å²) in [6.45, 7) is 2.05. The van der Waals surface area contributed by atoms with Gasteiger partial charge in [0.15, 0.2) is 0 Å². The minimum Gasteiger partial charge on any atom is -0.785 e. The van der Waals surface area contributed by atoms with Gasteiger partial charge < -0.3 is 20.7 Å². The van der Waals surface area contributed by atoms with E-state index >= 15 is 0 Å². The molecule has 1 unspecified atom stereocenters. The summed E-state index contributed by atoms with van der Waals surface area (Å²) in [6.07, 6.45) is 0. The van der Waals surface area contributed by atoms with E-state index in [9.17, 15) is 5.21 Å². The molecule has 0 aliphatic heterocycles. The molecule has 0 amide bonds. The molecular weight excluding hydrogens is 132 g/mol. The average molecular weight is 147 g/mol. The van der Waals surface area contributed by atoms with Crippen molar-refractivity contribution in [1.29, 1.82) is 0 Å². The largest absolute Gasteiger partial charge is 0.785 e. The zero-order chi connectivity index (χ0) is 8.20. The Morgan fingerprint density at radius 3 is 2.30 bits per heavy atom. The lowest BCUT2D eigenvalue weighted by Gasteiger charge is -2.35. The van der Waals surface area contributed by atoms with Crippen LogP contribution in [-0.4, -0.2) is 43.0 Å². The number of likely N-dealkylation sites (N-methyl/N-ethyl adjacent to an activating group) is 2. The van der Waals surface area contributed by atoms with Crippen molar-refractivity contribution >= 4 is 0 Å². The van der Waals surface area contributed by atoms with Gasteiger partial charge in [-0.05, 0) is 21.0 Å². The molecule has 4 nitrogen and oxygen atoms in total. The Labute approximate surface area is 61.4 Å². The second kappa shape index (κ2) is 3.88. The third kappa shape index (κ3) is 3.12. The molecule has 0 aromatic rings.